The Morgan fingerprint density at radius 3 is 2.20 bits per heavy atom. The lowest BCUT2D eigenvalue weighted by atomic mass is 9.98. The third-order valence-electron chi connectivity index (χ3n) is 11.2. The number of unbranched alkanes of at least 4 members (excludes halogenated alkanes) is 2. The van der Waals surface area contributed by atoms with Gasteiger partial charge < -0.3 is 33.9 Å². The Balaban J connectivity index is 1.10. The first-order valence-electron chi connectivity index (χ1n) is 21.6. The van der Waals surface area contributed by atoms with Crippen LogP contribution in [-0.2, 0) is 53.7 Å². The Hall–Kier alpha value is -5.35. The third-order valence-corrected chi connectivity index (χ3v) is 11.2. The molecule has 3 aromatic heterocycles. The van der Waals surface area contributed by atoms with Gasteiger partial charge >= 0.3 is 17.7 Å². The van der Waals surface area contributed by atoms with Crippen molar-refractivity contribution in [2.45, 2.75) is 77.9 Å². The number of rotatable bonds is 22. The number of anilines is 2. The summed E-state index contributed by atoms with van der Waals surface area (Å²) in [5.41, 5.74) is 8.75. The van der Waals surface area contributed by atoms with E-state index in [1.165, 1.54) is 48.2 Å². The van der Waals surface area contributed by atoms with Gasteiger partial charge in [0.05, 0.1) is 31.6 Å². The van der Waals surface area contributed by atoms with Gasteiger partial charge in [-0.15, -0.1) is 0 Å². The van der Waals surface area contributed by atoms with Gasteiger partial charge in [-0.05, 0) is 67.4 Å². The highest BCUT2D eigenvalue weighted by molar-refractivity contribution is 5.71. The van der Waals surface area contributed by atoms with E-state index in [4.69, 9.17) is 33.7 Å². The normalized spacial score (nSPS) is 14.6. The van der Waals surface area contributed by atoms with Crippen molar-refractivity contribution in [3.05, 3.63) is 105 Å². The van der Waals surface area contributed by atoms with Crippen LogP contribution in [0.3, 0.4) is 0 Å². The van der Waals surface area contributed by atoms with Gasteiger partial charge in [0.15, 0.2) is 11.5 Å². The van der Waals surface area contributed by atoms with Gasteiger partial charge in [-0.1, -0.05) is 79.9 Å². The standard InChI is InChI=1S/C46H61N9O6/c1-5-6-7-10-35(14-11-34-12-15-38(16-13-34)31-55-42-40(52(2)46(55)56)28-47-44(50-42)60-25-23-57-3)27-39-41-43(51-45(49-39)61-26-24-58-4)54(33-59-32-48-41)30-37-19-17-36(18-20-37)29-53-21-8-9-22-53/h12-20,28,48H,5-11,21-27,29-33H2,1-4H3/b35-14+. The average molecular weight is 836 g/mol. The van der Waals surface area contributed by atoms with E-state index in [1.807, 2.05) is 0 Å². The molecule has 0 radical (unpaired) electrons. The van der Waals surface area contributed by atoms with E-state index in [9.17, 15) is 4.79 Å². The van der Waals surface area contributed by atoms with Gasteiger partial charge in [0.25, 0.3) is 0 Å². The molecule has 0 unspecified atom stereocenters. The fraction of sp³-hybridized carbons (Fsp3) is 0.500. The smallest absolute Gasteiger partial charge is 0.330 e. The molecule has 0 spiro atoms. The van der Waals surface area contributed by atoms with Crippen molar-refractivity contribution in [1.82, 2.24) is 34.0 Å². The number of nitrogens with one attached hydrogen (secondary N) is 1. The molecule has 2 aliphatic rings. The van der Waals surface area contributed by atoms with Gasteiger partial charge in [0.2, 0.25) is 0 Å². The van der Waals surface area contributed by atoms with Crippen LogP contribution >= 0.6 is 0 Å². The van der Waals surface area contributed by atoms with E-state index in [0.717, 1.165) is 61.4 Å². The first kappa shape index (κ1) is 43.7. The molecule has 2 aromatic carbocycles. The topological polar surface area (TPSA) is 143 Å². The van der Waals surface area contributed by atoms with Crippen LogP contribution < -0.4 is 25.4 Å². The molecule has 1 fully saturated rings. The molecule has 1 saturated heterocycles. The molecule has 15 nitrogen and oxygen atoms in total. The summed E-state index contributed by atoms with van der Waals surface area (Å²) in [5.74, 6) is 0.770. The van der Waals surface area contributed by atoms with Crippen LogP contribution in [0.2, 0.25) is 0 Å². The molecule has 2 aliphatic heterocycles. The van der Waals surface area contributed by atoms with E-state index in [1.54, 1.807) is 36.6 Å². The van der Waals surface area contributed by atoms with Crippen LogP contribution in [0, 0.1) is 0 Å². The predicted molar refractivity (Wildman–Crippen MR) is 236 cm³/mol. The van der Waals surface area contributed by atoms with E-state index >= 15 is 0 Å². The lowest BCUT2D eigenvalue weighted by molar-refractivity contribution is 0.140. The second kappa shape index (κ2) is 22.0. The van der Waals surface area contributed by atoms with Crippen molar-refractivity contribution < 1.29 is 23.7 Å². The molecule has 7 rings (SSSR count). The van der Waals surface area contributed by atoms with Crippen molar-refractivity contribution >= 4 is 22.7 Å². The molecule has 5 heterocycles. The quantitative estimate of drug-likeness (QED) is 0.0619. The maximum atomic E-state index is 13.3. The Kier molecular flexibility index (Phi) is 15.7. The minimum Gasteiger partial charge on any atom is -0.461 e. The molecule has 15 heteroatoms. The molecule has 0 aliphatic carbocycles. The van der Waals surface area contributed by atoms with Crippen molar-refractivity contribution in [3.63, 3.8) is 0 Å². The summed E-state index contributed by atoms with van der Waals surface area (Å²) < 4.78 is 31.4. The highest BCUT2D eigenvalue weighted by Crippen LogP contribution is 2.34. The van der Waals surface area contributed by atoms with Crippen molar-refractivity contribution in [2.24, 2.45) is 7.05 Å². The highest BCUT2D eigenvalue weighted by atomic mass is 16.5. The molecule has 61 heavy (non-hydrogen) atoms. The summed E-state index contributed by atoms with van der Waals surface area (Å²) >= 11 is 0. The number of methoxy groups -OCH3 is 2. The van der Waals surface area contributed by atoms with E-state index in [2.05, 4.69) is 86.6 Å². The Morgan fingerprint density at radius 1 is 0.820 bits per heavy atom. The van der Waals surface area contributed by atoms with Crippen LogP contribution in [0.1, 0.15) is 73.4 Å². The lowest BCUT2D eigenvalue weighted by Crippen LogP contribution is -2.26. The summed E-state index contributed by atoms with van der Waals surface area (Å²) in [5, 5.41) is 3.51. The van der Waals surface area contributed by atoms with Gasteiger partial charge in [-0.3, -0.25) is 14.0 Å². The monoisotopic (exact) mass is 835 g/mol. The number of aromatic nitrogens is 6. The number of hydrogen-bond donors (Lipinski definition) is 1. The average Bonchev–Trinajstić information content (AvgIpc) is 3.80. The summed E-state index contributed by atoms with van der Waals surface area (Å²) in [6, 6.07) is 17.9. The maximum Gasteiger partial charge on any atom is 0.330 e. The molecular formula is C46H61N9O6. The van der Waals surface area contributed by atoms with Crippen LogP contribution in [0.5, 0.6) is 12.0 Å². The molecule has 0 amide bonds. The zero-order valence-corrected chi connectivity index (χ0v) is 36.2. The van der Waals surface area contributed by atoms with Crippen LogP contribution in [0.15, 0.2) is 71.2 Å². The predicted octanol–water partition coefficient (Wildman–Crippen LogP) is 6.27. The second-order valence-corrected chi connectivity index (χ2v) is 15.8. The molecule has 0 bridgehead atoms. The van der Waals surface area contributed by atoms with Gasteiger partial charge in [-0.25, -0.2) is 9.78 Å². The minimum absolute atomic E-state index is 0.164. The number of nitrogens with zero attached hydrogens (tertiary/aromatic N) is 8. The van der Waals surface area contributed by atoms with E-state index in [0.29, 0.717) is 76.6 Å². The molecule has 326 valence electrons. The maximum absolute atomic E-state index is 13.3. The minimum atomic E-state index is -0.164. The molecule has 5 aromatic rings. The summed E-state index contributed by atoms with van der Waals surface area (Å²) in [6.07, 6.45) is 12.3. The number of ether oxygens (including phenoxy) is 5. The summed E-state index contributed by atoms with van der Waals surface area (Å²) in [7, 11) is 5.00. The van der Waals surface area contributed by atoms with Crippen LogP contribution in [-0.4, -0.2) is 101 Å². The van der Waals surface area contributed by atoms with Gasteiger partial charge in [0.1, 0.15) is 37.9 Å². The second-order valence-electron chi connectivity index (χ2n) is 15.8. The number of allylic oxidation sites excluding steroid dienone is 2. The summed E-state index contributed by atoms with van der Waals surface area (Å²) in [4.78, 5) is 36.8. The van der Waals surface area contributed by atoms with Crippen LogP contribution in [0.25, 0.3) is 11.2 Å². The highest BCUT2D eigenvalue weighted by Gasteiger charge is 2.24. The zero-order valence-electron chi connectivity index (χ0n) is 36.2. The summed E-state index contributed by atoms with van der Waals surface area (Å²) in [6.45, 7) is 8.83. The zero-order chi connectivity index (χ0) is 42.4. The number of aryl methyl sites for hydroxylation is 1. The number of imidazole rings is 1. The number of fused-ring (bicyclic) bond motifs is 2. The van der Waals surface area contributed by atoms with Gasteiger partial charge in [-0.2, -0.15) is 15.0 Å². The van der Waals surface area contributed by atoms with Crippen LogP contribution in [0.4, 0.5) is 11.5 Å². The fourth-order valence-electron chi connectivity index (χ4n) is 7.82. The van der Waals surface area contributed by atoms with Crippen molar-refractivity contribution in [2.75, 3.05) is 77.4 Å². The Morgan fingerprint density at radius 2 is 1.49 bits per heavy atom. The first-order chi connectivity index (χ1) is 29.9. The fourth-order valence-corrected chi connectivity index (χ4v) is 7.82. The van der Waals surface area contributed by atoms with Crippen molar-refractivity contribution in [3.8, 4) is 12.0 Å². The first-order valence-corrected chi connectivity index (χ1v) is 21.6. The number of benzene rings is 2. The Labute approximate surface area is 358 Å². The third kappa shape index (κ3) is 11.7. The largest absolute Gasteiger partial charge is 0.461 e. The molecule has 1 N–H and O–H groups in total. The molecule has 0 saturated carbocycles. The van der Waals surface area contributed by atoms with Crippen molar-refractivity contribution in [1.29, 1.82) is 0 Å². The van der Waals surface area contributed by atoms with Gasteiger partial charge in [0, 0.05) is 40.8 Å². The molecular weight excluding hydrogens is 775 g/mol. The Bertz CT molecular complexity index is 2250. The molecule has 0 atom stereocenters. The SMILES string of the molecule is CCCCC/C(=C\Cc1ccc(Cn2c(=O)n(C)c3cnc(OCCOC)nc32)cc1)Cc1nc(OCCOC)nc2c1NCOCN2Cc1ccc(CN2CCCC2)cc1. The van der Waals surface area contributed by atoms with E-state index < -0.39 is 0 Å². The number of likely N-dealkylation sites (tertiary alicyclic amines) is 1. The van der Waals surface area contributed by atoms with E-state index in [-0.39, 0.29) is 11.7 Å². The lowest BCUT2D eigenvalue weighted by Gasteiger charge is -2.24. The number of hydrogen-bond acceptors (Lipinski definition) is 13.